The molecular formula is C16H16FNO2S. The van der Waals surface area contributed by atoms with Gasteiger partial charge in [-0.05, 0) is 42.2 Å². The summed E-state index contributed by atoms with van der Waals surface area (Å²) in [4.78, 5) is 12.6. The van der Waals surface area contributed by atoms with Crippen LogP contribution in [-0.2, 0) is 11.3 Å². The van der Waals surface area contributed by atoms with Gasteiger partial charge in [-0.15, -0.1) is 11.8 Å². The van der Waals surface area contributed by atoms with E-state index in [0.717, 1.165) is 5.56 Å². The molecule has 0 unspecified atom stereocenters. The van der Waals surface area contributed by atoms with Crippen molar-refractivity contribution in [3.63, 3.8) is 0 Å². The maximum atomic E-state index is 13.5. The minimum absolute atomic E-state index is 0.0692. The number of hydrogen-bond acceptors (Lipinski definition) is 4. The molecule has 0 fully saturated rings. The van der Waals surface area contributed by atoms with Gasteiger partial charge in [0.05, 0.1) is 12.7 Å². The van der Waals surface area contributed by atoms with E-state index >= 15 is 0 Å². The molecule has 2 rings (SSSR count). The monoisotopic (exact) mass is 305 g/mol. The molecule has 0 radical (unpaired) electrons. The van der Waals surface area contributed by atoms with Crippen molar-refractivity contribution in [2.24, 2.45) is 0 Å². The Morgan fingerprint density at radius 2 is 1.95 bits per heavy atom. The number of benzene rings is 2. The van der Waals surface area contributed by atoms with Gasteiger partial charge in [0.25, 0.3) is 0 Å². The highest BCUT2D eigenvalue weighted by molar-refractivity contribution is 7.98. The smallest absolute Gasteiger partial charge is 0.340 e. The van der Waals surface area contributed by atoms with Crippen molar-refractivity contribution >= 4 is 23.4 Å². The minimum atomic E-state index is -0.680. The summed E-state index contributed by atoms with van der Waals surface area (Å²) in [6.45, 7) is 0.598. The summed E-state index contributed by atoms with van der Waals surface area (Å²) in [5.41, 5.74) is 1.71. The molecular weight excluding hydrogens is 289 g/mol. The maximum Gasteiger partial charge on any atom is 0.340 e. The van der Waals surface area contributed by atoms with E-state index in [-0.39, 0.29) is 5.56 Å². The molecule has 2 aromatic rings. The second-order valence-electron chi connectivity index (χ2n) is 4.39. The van der Waals surface area contributed by atoms with Gasteiger partial charge in [-0.1, -0.05) is 12.1 Å². The van der Waals surface area contributed by atoms with Gasteiger partial charge in [-0.2, -0.15) is 0 Å². The van der Waals surface area contributed by atoms with Crippen LogP contribution in [0, 0.1) is 5.82 Å². The Balaban J connectivity index is 2.07. The van der Waals surface area contributed by atoms with Crippen molar-refractivity contribution in [3.8, 4) is 0 Å². The topological polar surface area (TPSA) is 38.3 Å². The zero-order chi connectivity index (χ0) is 15.2. The number of halogens is 1. The molecule has 0 aromatic heterocycles. The maximum absolute atomic E-state index is 13.5. The van der Waals surface area contributed by atoms with Crippen LogP contribution in [-0.4, -0.2) is 19.3 Å². The molecule has 0 amide bonds. The number of methoxy groups -OCH3 is 1. The van der Waals surface area contributed by atoms with Gasteiger partial charge in [-0.25, -0.2) is 9.18 Å². The number of carbonyl (C=O) groups excluding carboxylic acids is 1. The first kappa shape index (κ1) is 15.4. The van der Waals surface area contributed by atoms with E-state index in [1.807, 2.05) is 30.5 Å². The minimum Gasteiger partial charge on any atom is -0.465 e. The average Bonchev–Trinajstić information content (AvgIpc) is 2.53. The van der Waals surface area contributed by atoms with E-state index < -0.39 is 11.8 Å². The lowest BCUT2D eigenvalue weighted by Gasteiger charge is -2.09. The molecule has 21 heavy (non-hydrogen) atoms. The van der Waals surface area contributed by atoms with Crippen LogP contribution in [0.5, 0.6) is 0 Å². The molecule has 0 aliphatic heterocycles. The van der Waals surface area contributed by atoms with E-state index in [0.29, 0.717) is 12.2 Å². The Labute approximate surface area is 127 Å². The molecule has 0 spiro atoms. The molecule has 0 atom stereocenters. The summed E-state index contributed by atoms with van der Waals surface area (Å²) in [7, 11) is 1.23. The molecule has 0 saturated heterocycles. The third kappa shape index (κ3) is 3.98. The number of esters is 1. The number of ether oxygens (including phenoxy) is 1. The van der Waals surface area contributed by atoms with Crippen LogP contribution in [0.3, 0.4) is 0 Å². The summed E-state index contributed by atoms with van der Waals surface area (Å²) in [6, 6.07) is 12.5. The number of rotatable bonds is 5. The van der Waals surface area contributed by atoms with Gasteiger partial charge in [0.15, 0.2) is 0 Å². The first-order valence-electron chi connectivity index (χ1n) is 6.38. The van der Waals surface area contributed by atoms with Crippen LogP contribution in [0.4, 0.5) is 10.1 Å². The van der Waals surface area contributed by atoms with Crippen LogP contribution in [0.2, 0.25) is 0 Å². The lowest BCUT2D eigenvalue weighted by atomic mass is 10.1. The fraction of sp³-hybridized carbons (Fsp3) is 0.188. The first-order valence-corrected chi connectivity index (χ1v) is 7.61. The third-order valence-corrected chi connectivity index (χ3v) is 3.77. The molecule has 2 aromatic carbocycles. The molecule has 0 bridgehead atoms. The molecule has 5 heteroatoms. The van der Waals surface area contributed by atoms with E-state index in [1.165, 1.54) is 24.1 Å². The fourth-order valence-electron chi connectivity index (χ4n) is 1.85. The number of thioether (sulfide) groups is 1. The third-order valence-electron chi connectivity index (χ3n) is 3.03. The summed E-state index contributed by atoms with van der Waals surface area (Å²) in [5, 5.41) is 3.16. The van der Waals surface area contributed by atoms with Gasteiger partial charge < -0.3 is 10.1 Å². The Morgan fingerprint density at radius 1 is 1.24 bits per heavy atom. The highest BCUT2D eigenvalue weighted by Gasteiger charge is 2.12. The Bertz CT molecular complexity index is 629. The van der Waals surface area contributed by atoms with Crippen LogP contribution in [0.15, 0.2) is 47.4 Å². The van der Waals surface area contributed by atoms with Crippen molar-refractivity contribution in [2.75, 3.05) is 18.7 Å². The van der Waals surface area contributed by atoms with Crippen molar-refractivity contribution in [3.05, 3.63) is 59.4 Å². The number of hydrogen-bond donors (Lipinski definition) is 1. The summed E-state index contributed by atoms with van der Waals surface area (Å²) >= 11 is 1.69. The standard InChI is InChI=1S/C16H16FNO2S/c1-20-16(19)14-9-12(5-8-15(14)17)18-10-11-3-6-13(21-2)7-4-11/h3-9,18H,10H2,1-2H3. The van der Waals surface area contributed by atoms with Crippen molar-refractivity contribution < 1.29 is 13.9 Å². The van der Waals surface area contributed by atoms with Crippen LogP contribution in [0.25, 0.3) is 0 Å². The highest BCUT2D eigenvalue weighted by Crippen LogP contribution is 2.18. The fourth-order valence-corrected chi connectivity index (χ4v) is 2.26. The normalized spacial score (nSPS) is 10.2. The molecule has 0 heterocycles. The molecule has 1 N–H and O–H groups in total. The van der Waals surface area contributed by atoms with Crippen LogP contribution in [0.1, 0.15) is 15.9 Å². The number of nitrogens with one attached hydrogen (secondary N) is 1. The van der Waals surface area contributed by atoms with Gasteiger partial charge in [0.1, 0.15) is 5.82 Å². The summed E-state index contributed by atoms with van der Waals surface area (Å²) in [6.07, 6.45) is 2.03. The van der Waals surface area contributed by atoms with Crippen molar-refractivity contribution in [2.45, 2.75) is 11.4 Å². The SMILES string of the molecule is COC(=O)c1cc(NCc2ccc(SC)cc2)ccc1F. The second-order valence-corrected chi connectivity index (χ2v) is 5.27. The number of carbonyl (C=O) groups is 1. The zero-order valence-corrected chi connectivity index (χ0v) is 12.7. The Kier molecular flexibility index (Phi) is 5.22. The van der Waals surface area contributed by atoms with E-state index in [4.69, 9.17) is 0 Å². The largest absolute Gasteiger partial charge is 0.465 e. The lowest BCUT2D eigenvalue weighted by Crippen LogP contribution is -2.06. The summed E-state index contributed by atoms with van der Waals surface area (Å²) in [5.74, 6) is -1.27. The molecule has 0 aliphatic rings. The van der Waals surface area contributed by atoms with Gasteiger partial charge in [-0.3, -0.25) is 0 Å². The predicted octanol–water partition coefficient (Wildman–Crippen LogP) is 3.95. The van der Waals surface area contributed by atoms with Gasteiger partial charge in [0.2, 0.25) is 0 Å². The average molecular weight is 305 g/mol. The predicted molar refractivity (Wildman–Crippen MR) is 83.3 cm³/mol. The van der Waals surface area contributed by atoms with Gasteiger partial charge >= 0.3 is 5.97 Å². The molecule has 110 valence electrons. The molecule has 0 aliphatic carbocycles. The van der Waals surface area contributed by atoms with E-state index in [1.54, 1.807) is 17.8 Å². The molecule has 3 nitrogen and oxygen atoms in total. The van der Waals surface area contributed by atoms with Crippen LogP contribution >= 0.6 is 11.8 Å². The Hall–Kier alpha value is -2.01. The van der Waals surface area contributed by atoms with Crippen LogP contribution < -0.4 is 5.32 Å². The zero-order valence-electron chi connectivity index (χ0n) is 11.9. The highest BCUT2D eigenvalue weighted by atomic mass is 32.2. The van der Waals surface area contributed by atoms with E-state index in [9.17, 15) is 9.18 Å². The van der Waals surface area contributed by atoms with Crippen molar-refractivity contribution in [1.29, 1.82) is 0 Å². The number of anilines is 1. The quantitative estimate of drug-likeness (QED) is 0.670. The van der Waals surface area contributed by atoms with Gasteiger partial charge in [0, 0.05) is 17.1 Å². The second kappa shape index (κ2) is 7.13. The molecule has 0 saturated carbocycles. The summed E-state index contributed by atoms with van der Waals surface area (Å²) < 4.78 is 18.1. The van der Waals surface area contributed by atoms with E-state index in [2.05, 4.69) is 10.1 Å². The Morgan fingerprint density at radius 3 is 2.57 bits per heavy atom. The first-order chi connectivity index (χ1) is 10.1. The lowest BCUT2D eigenvalue weighted by molar-refractivity contribution is 0.0595. The van der Waals surface area contributed by atoms with Crippen molar-refractivity contribution in [1.82, 2.24) is 0 Å².